The van der Waals surface area contributed by atoms with Crippen LogP contribution in [0.25, 0.3) is 0 Å². The van der Waals surface area contributed by atoms with Crippen molar-refractivity contribution >= 4 is 0 Å². The standard InChI is InChI=1S/C18H35F3O2/c1-2-3-4-9-12-15-23-16-13-10-7-5-6-8-11-14-17(22)18(19,20)21/h17,22H,2-16H2,1H3. The number of hydrogen-bond acceptors (Lipinski definition) is 2. The molecule has 0 bridgehead atoms. The van der Waals surface area contributed by atoms with Crippen LogP contribution in [0, 0.1) is 0 Å². The highest BCUT2D eigenvalue weighted by atomic mass is 19.4. The Hall–Kier alpha value is -0.290. The number of alkyl halides is 3. The van der Waals surface area contributed by atoms with E-state index in [2.05, 4.69) is 6.92 Å². The maximum Gasteiger partial charge on any atom is 0.414 e. The molecule has 0 aliphatic carbocycles. The van der Waals surface area contributed by atoms with Crippen LogP contribution in [0.3, 0.4) is 0 Å². The molecule has 2 nitrogen and oxygen atoms in total. The van der Waals surface area contributed by atoms with Crippen molar-refractivity contribution < 1.29 is 23.0 Å². The number of ether oxygens (including phenoxy) is 1. The van der Waals surface area contributed by atoms with Crippen LogP contribution in [0.2, 0.25) is 0 Å². The number of unbranched alkanes of at least 4 members (excludes halogenated alkanes) is 10. The maximum atomic E-state index is 12.1. The van der Waals surface area contributed by atoms with E-state index in [1.54, 1.807) is 0 Å². The number of aliphatic hydroxyl groups is 1. The summed E-state index contributed by atoms with van der Waals surface area (Å²) in [6.07, 6.45) is 6.04. The molecule has 0 aromatic rings. The van der Waals surface area contributed by atoms with Gasteiger partial charge in [-0.2, -0.15) is 13.2 Å². The maximum absolute atomic E-state index is 12.1. The lowest BCUT2D eigenvalue weighted by atomic mass is 10.1. The van der Waals surface area contributed by atoms with Crippen molar-refractivity contribution in [3.8, 4) is 0 Å². The fraction of sp³-hybridized carbons (Fsp3) is 1.00. The molecule has 0 saturated heterocycles. The highest BCUT2D eigenvalue weighted by Gasteiger charge is 2.37. The lowest BCUT2D eigenvalue weighted by Crippen LogP contribution is -2.28. The van der Waals surface area contributed by atoms with Gasteiger partial charge in [0, 0.05) is 13.2 Å². The van der Waals surface area contributed by atoms with E-state index in [9.17, 15) is 13.2 Å². The van der Waals surface area contributed by atoms with Gasteiger partial charge in [-0.3, -0.25) is 0 Å². The summed E-state index contributed by atoms with van der Waals surface area (Å²) in [6.45, 7) is 3.90. The summed E-state index contributed by atoms with van der Waals surface area (Å²) in [5.74, 6) is 0. The molecule has 0 heterocycles. The summed E-state index contributed by atoms with van der Waals surface area (Å²) >= 11 is 0. The molecule has 0 amide bonds. The molecule has 0 fully saturated rings. The first kappa shape index (κ1) is 22.7. The first-order valence-corrected chi connectivity index (χ1v) is 9.31. The first-order valence-electron chi connectivity index (χ1n) is 9.31. The largest absolute Gasteiger partial charge is 0.414 e. The Labute approximate surface area is 139 Å². The second-order valence-corrected chi connectivity index (χ2v) is 6.35. The molecule has 1 atom stereocenters. The SMILES string of the molecule is CCCCCCCOCCCCCCCCCC(O)C(F)(F)F. The van der Waals surface area contributed by atoms with Crippen molar-refractivity contribution in [1.29, 1.82) is 0 Å². The third-order valence-electron chi connectivity index (χ3n) is 4.04. The molecule has 0 aliphatic rings. The molecule has 0 saturated carbocycles. The zero-order chi connectivity index (χ0) is 17.4. The molecule has 23 heavy (non-hydrogen) atoms. The summed E-state index contributed by atoms with van der Waals surface area (Å²) < 4.78 is 41.8. The van der Waals surface area contributed by atoms with Gasteiger partial charge in [0.05, 0.1) is 0 Å². The van der Waals surface area contributed by atoms with Crippen LogP contribution in [-0.2, 0) is 4.74 Å². The van der Waals surface area contributed by atoms with E-state index in [1.165, 1.54) is 25.7 Å². The molecule has 1 unspecified atom stereocenters. The van der Waals surface area contributed by atoms with Crippen molar-refractivity contribution in [3.05, 3.63) is 0 Å². The fourth-order valence-corrected chi connectivity index (χ4v) is 2.50. The van der Waals surface area contributed by atoms with Crippen LogP contribution in [0.1, 0.15) is 90.4 Å². The van der Waals surface area contributed by atoms with Gasteiger partial charge >= 0.3 is 6.18 Å². The minimum atomic E-state index is -4.46. The normalized spacial score (nSPS) is 13.4. The van der Waals surface area contributed by atoms with Gasteiger partial charge in [0.1, 0.15) is 6.10 Å². The fourth-order valence-electron chi connectivity index (χ4n) is 2.50. The van der Waals surface area contributed by atoms with Crippen molar-refractivity contribution in [2.45, 2.75) is 103 Å². The Bertz CT molecular complexity index is 245. The summed E-state index contributed by atoms with van der Waals surface area (Å²) in [4.78, 5) is 0. The number of aliphatic hydroxyl groups excluding tert-OH is 1. The van der Waals surface area contributed by atoms with E-state index < -0.39 is 12.3 Å². The molecule has 0 spiro atoms. The van der Waals surface area contributed by atoms with E-state index in [-0.39, 0.29) is 6.42 Å². The third-order valence-corrected chi connectivity index (χ3v) is 4.04. The van der Waals surface area contributed by atoms with Gasteiger partial charge in [0.15, 0.2) is 0 Å². The molecular formula is C18H35F3O2. The molecule has 0 aromatic carbocycles. The van der Waals surface area contributed by atoms with Gasteiger partial charge in [-0.25, -0.2) is 0 Å². The van der Waals surface area contributed by atoms with E-state index >= 15 is 0 Å². The highest BCUT2D eigenvalue weighted by Crippen LogP contribution is 2.24. The van der Waals surface area contributed by atoms with E-state index in [1.807, 2.05) is 0 Å². The zero-order valence-electron chi connectivity index (χ0n) is 14.7. The topological polar surface area (TPSA) is 29.5 Å². The molecule has 1 N–H and O–H groups in total. The van der Waals surface area contributed by atoms with Crippen LogP contribution in [0.15, 0.2) is 0 Å². The second-order valence-electron chi connectivity index (χ2n) is 6.35. The van der Waals surface area contributed by atoms with Gasteiger partial charge in [-0.05, 0) is 19.3 Å². The molecular weight excluding hydrogens is 305 g/mol. The Morgan fingerprint density at radius 1 is 0.739 bits per heavy atom. The Kier molecular flexibility index (Phi) is 15.1. The summed E-state index contributed by atoms with van der Waals surface area (Å²) in [5, 5.41) is 8.85. The van der Waals surface area contributed by atoms with Gasteiger partial charge in [-0.15, -0.1) is 0 Å². The summed E-state index contributed by atoms with van der Waals surface area (Å²) in [6, 6.07) is 0. The summed E-state index contributed by atoms with van der Waals surface area (Å²) in [5.41, 5.74) is 0. The smallest absolute Gasteiger partial charge is 0.384 e. The Morgan fingerprint density at radius 3 is 1.65 bits per heavy atom. The first-order chi connectivity index (χ1) is 11.0. The molecule has 0 rings (SSSR count). The molecule has 140 valence electrons. The molecule has 0 radical (unpaired) electrons. The van der Waals surface area contributed by atoms with Crippen LogP contribution in [0.4, 0.5) is 13.2 Å². The number of halogens is 3. The number of hydrogen-bond donors (Lipinski definition) is 1. The van der Waals surface area contributed by atoms with E-state index in [0.29, 0.717) is 6.42 Å². The summed E-state index contributed by atoms with van der Waals surface area (Å²) in [7, 11) is 0. The van der Waals surface area contributed by atoms with Gasteiger partial charge < -0.3 is 9.84 Å². The predicted octanol–water partition coefficient (Wildman–Crippen LogP) is 6.02. The van der Waals surface area contributed by atoms with Crippen LogP contribution in [-0.4, -0.2) is 30.6 Å². The quantitative estimate of drug-likeness (QED) is 0.348. The lowest BCUT2D eigenvalue weighted by Gasteiger charge is -2.13. The van der Waals surface area contributed by atoms with Crippen LogP contribution >= 0.6 is 0 Å². The minimum absolute atomic E-state index is 0.171. The number of rotatable bonds is 16. The lowest BCUT2D eigenvalue weighted by molar-refractivity contribution is -0.205. The van der Waals surface area contributed by atoms with Crippen LogP contribution < -0.4 is 0 Å². The average molecular weight is 340 g/mol. The predicted molar refractivity (Wildman–Crippen MR) is 88.6 cm³/mol. The minimum Gasteiger partial charge on any atom is -0.384 e. The second kappa shape index (κ2) is 15.3. The average Bonchev–Trinajstić information content (AvgIpc) is 2.50. The van der Waals surface area contributed by atoms with Gasteiger partial charge in [0.2, 0.25) is 0 Å². The van der Waals surface area contributed by atoms with Crippen molar-refractivity contribution in [1.82, 2.24) is 0 Å². The van der Waals surface area contributed by atoms with Crippen molar-refractivity contribution in [3.63, 3.8) is 0 Å². The zero-order valence-corrected chi connectivity index (χ0v) is 14.7. The van der Waals surface area contributed by atoms with Gasteiger partial charge in [0.25, 0.3) is 0 Å². The Morgan fingerprint density at radius 2 is 1.17 bits per heavy atom. The monoisotopic (exact) mass is 340 g/mol. The van der Waals surface area contributed by atoms with Crippen LogP contribution in [0.5, 0.6) is 0 Å². The van der Waals surface area contributed by atoms with E-state index in [0.717, 1.165) is 58.2 Å². The molecule has 0 aliphatic heterocycles. The van der Waals surface area contributed by atoms with E-state index in [4.69, 9.17) is 9.84 Å². The highest BCUT2D eigenvalue weighted by molar-refractivity contribution is 4.64. The molecule has 5 heteroatoms. The Balaban J connectivity index is 3.11. The third kappa shape index (κ3) is 16.4. The van der Waals surface area contributed by atoms with Gasteiger partial charge in [-0.1, -0.05) is 71.1 Å². The molecule has 0 aromatic heterocycles. The van der Waals surface area contributed by atoms with Crippen molar-refractivity contribution in [2.75, 3.05) is 13.2 Å². The van der Waals surface area contributed by atoms with Crippen molar-refractivity contribution in [2.24, 2.45) is 0 Å².